The molecule has 1 aromatic heterocycles. The Morgan fingerprint density at radius 2 is 1.90 bits per heavy atom. The molecule has 0 aliphatic rings. The highest BCUT2D eigenvalue weighted by atomic mass is 19.4. The molecule has 0 saturated heterocycles. The molecule has 0 fully saturated rings. The second-order valence-corrected chi connectivity index (χ2v) is 6.24. The van der Waals surface area contributed by atoms with Crippen LogP contribution in [0.3, 0.4) is 0 Å². The quantitative estimate of drug-likeness (QED) is 0.444. The first-order valence-corrected chi connectivity index (χ1v) is 8.53. The predicted octanol–water partition coefficient (Wildman–Crippen LogP) is 4.59. The van der Waals surface area contributed by atoms with Gasteiger partial charge in [-0.15, -0.1) is 0 Å². The molecule has 1 heterocycles. The second kappa shape index (κ2) is 8.26. The monoisotopic (exact) mass is 406 g/mol. The van der Waals surface area contributed by atoms with Gasteiger partial charge in [-0.1, -0.05) is 17.3 Å². The van der Waals surface area contributed by atoms with Crippen molar-refractivity contribution in [1.29, 1.82) is 0 Å². The molecule has 0 atom stereocenters. The third-order valence-electron chi connectivity index (χ3n) is 4.12. The minimum atomic E-state index is -4.38. The van der Waals surface area contributed by atoms with Crippen LogP contribution in [0.4, 0.5) is 13.2 Å². The highest BCUT2D eigenvalue weighted by molar-refractivity contribution is 6.09. The number of oxime groups is 1. The number of carbonyl (C=O) groups is 1. The molecule has 0 saturated carbocycles. The highest BCUT2D eigenvalue weighted by Crippen LogP contribution is 2.29. The fraction of sp³-hybridized carbons (Fsp3) is 0.200. The van der Waals surface area contributed by atoms with E-state index in [1.807, 2.05) is 0 Å². The average Bonchev–Trinajstić information content (AvgIpc) is 3.09. The van der Waals surface area contributed by atoms with Crippen LogP contribution in [0.25, 0.3) is 10.9 Å². The summed E-state index contributed by atoms with van der Waals surface area (Å²) in [7, 11) is 0. The number of halogens is 3. The lowest BCUT2D eigenvalue weighted by atomic mass is 10.1. The number of H-pyrrole nitrogens is 1. The average molecular weight is 406 g/mol. The lowest BCUT2D eigenvalue weighted by Crippen LogP contribution is -2.09. The summed E-state index contributed by atoms with van der Waals surface area (Å²) in [6.45, 7) is 1.29. The Labute approximate surface area is 163 Å². The lowest BCUT2D eigenvalue weighted by Gasteiger charge is -2.07. The zero-order valence-corrected chi connectivity index (χ0v) is 15.3. The van der Waals surface area contributed by atoms with Gasteiger partial charge in [0.05, 0.1) is 11.3 Å². The summed E-state index contributed by atoms with van der Waals surface area (Å²) in [5, 5.41) is 13.5. The summed E-state index contributed by atoms with van der Waals surface area (Å²) in [5.41, 5.74) is 1.91. The number of aromatic amines is 1. The SMILES string of the molecule is C/C(=N\OCc1ccc(C(F)(F)F)cc1)c1c[nH]c2ccc(OCC(=O)O)cc12. The van der Waals surface area contributed by atoms with E-state index in [0.717, 1.165) is 28.6 Å². The first-order valence-electron chi connectivity index (χ1n) is 8.53. The van der Waals surface area contributed by atoms with Crippen LogP contribution in [-0.4, -0.2) is 28.4 Å². The van der Waals surface area contributed by atoms with Crippen LogP contribution in [0.5, 0.6) is 5.75 Å². The molecule has 2 aromatic carbocycles. The summed E-state index contributed by atoms with van der Waals surface area (Å²) >= 11 is 0. The highest BCUT2D eigenvalue weighted by Gasteiger charge is 2.29. The topological polar surface area (TPSA) is 83.9 Å². The van der Waals surface area contributed by atoms with E-state index in [-0.39, 0.29) is 6.61 Å². The van der Waals surface area contributed by atoms with E-state index in [2.05, 4.69) is 10.1 Å². The summed E-state index contributed by atoms with van der Waals surface area (Å²) in [5.74, 6) is -0.673. The van der Waals surface area contributed by atoms with Crippen LogP contribution in [-0.2, 0) is 22.4 Å². The third kappa shape index (κ3) is 5.07. The predicted molar refractivity (Wildman–Crippen MR) is 99.9 cm³/mol. The van der Waals surface area contributed by atoms with E-state index < -0.39 is 24.3 Å². The van der Waals surface area contributed by atoms with E-state index in [0.29, 0.717) is 17.0 Å². The van der Waals surface area contributed by atoms with Crippen LogP contribution in [0.2, 0.25) is 0 Å². The van der Waals surface area contributed by atoms with Gasteiger partial charge in [0.2, 0.25) is 0 Å². The van der Waals surface area contributed by atoms with E-state index in [1.54, 1.807) is 31.3 Å². The van der Waals surface area contributed by atoms with Crippen LogP contribution in [0.1, 0.15) is 23.6 Å². The van der Waals surface area contributed by atoms with Crippen molar-refractivity contribution in [2.75, 3.05) is 6.61 Å². The van der Waals surface area contributed by atoms with Gasteiger partial charge in [0.25, 0.3) is 0 Å². The van der Waals surface area contributed by atoms with Gasteiger partial charge in [-0.05, 0) is 42.8 Å². The number of hydrogen-bond donors (Lipinski definition) is 2. The van der Waals surface area contributed by atoms with E-state index in [9.17, 15) is 18.0 Å². The van der Waals surface area contributed by atoms with Gasteiger partial charge in [0.15, 0.2) is 6.61 Å². The summed E-state index contributed by atoms with van der Waals surface area (Å²) in [4.78, 5) is 19.0. The molecule has 2 N–H and O–H groups in total. The first kappa shape index (κ1) is 20.2. The van der Waals surface area contributed by atoms with Crippen molar-refractivity contribution in [3.05, 3.63) is 65.4 Å². The van der Waals surface area contributed by atoms with Crippen molar-refractivity contribution in [1.82, 2.24) is 4.98 Å². The van der Waals surface area contributed by atoms with Gasteiger partial charge in [0.1, 0.15) is 12.4 Å². The molecule has 0 aliphatic carbocycles. The van der Waals surface area contributed by atoms with Gasteiger partial charge in [-0.3, -0.25) is 0 Å². The van der Waals surface area contributed by atoms with Gasteiger partial charge in [-0.25, -0.2) is 4.79 Å². The van der Waals surface area contributed by atoms with Gasteiger partial charge in [-0.2, -0.15) is 13.2 Å². The van der Waals surface area contributed by atoms with E-state index in [4.69, 9.17) is 14.7 Å². The van der Waals surface area contributed by atoms with E-state index in [1.165, 1.54) is 12.1 Å². The fourth-order valence-electron chi connectivity index (χ4n) is 2.68. The molecule has 0 spiro atoms. The number of alkyl halides is 3. The maximum absolute atomic E-state index is 12.6. The maximum atomic E-state index is 12.6. The zero-order valence-electron chi connectivity index (χ0n) is 15.3. The number of ether oxygens (including phenoxy) is 1. The first-order chi connectivity index (χ1) is 13.7. The minimum Gasteiger partial charge on any atom is -0.482 e. The standard InChI is InChI=1S/C20H17F3N2O4/c1-12(25-29-10-13-2-4-14(5-3-13)20(21,22)23)17-9-24-18-7-6-15(8-16(17)18)28-11-19(26)27/h2-9,24H,10-11H2,1H3,(H,26,27)/b25-12+. The molecule has 0 amide bonds. The largest absolute Gasteiger partial charge is 0.482 e. The smallest absolute Gasteiger partial charge is 0.416 e. The molecule has 152 valence electrons. The lowest BCUT2D eigenvalue weighted by molar-refractivity contribution is -0.139. The molecule has 0 aliphatic heterocycles. The third-order valence-corrected chi connectivity index (χ3v) is 4.12. The number of aliphatic carboxylic acids is 1. The number of hydrogen-bond acceptors (Lipinski definition) is 4. The van der Waals surface area contributed by atoms with Crippen molar-refractivity contribution in [3.63, 3.8) is 0 Å². The summed E-state index contributed by atoms with van der Waals surface area (Å²) < 4.78 is 42.9. The Hall–Kier alpha value is -3.49. The van der Waals surface area contributed by atoms with Gasteiger partial charge in [0, 0.05) is 22.7 Å². The fourth-order valence-corrected chi connectivity index (χ4v) is 2.68. The Balaban J connectivity index is 1.70. The molecule has 0 bridgehead atoms. The normalized spacial score (nSPS) is 12.2. The number of nitrogens with one attached hydrogen (secondary N) is 1. The maximum Gasteiger partial charge on any atom is 0.416 e. The second-order valence-electron chi connectivity index (χ2n) is 6.24. The number of aromatic nitrogens is 1. The van der Waals surface area contributed by atoms with E-state index >= 15 is 0 Å². The number of nitrogens with zero attached hydrogens (tertiary/aromatic N) is 1. The molecule has 3 rings (SSSR count). The van der Waals surface area contributed by atoms with Crippen molar-refractivity contribution in [2.45, 2.75) is 19.7 Å². The Kier molecular flexibility index (Phi) is 5.76. The number of rotatable bonds is 7. The van der Waals surface area contributed by atoms with Crippen molar-refractivity contribution in [3.8, 4) is 5.75 Å². The van der Waals surface area contributed by atoms with Crippen LogP contribution in [0, 0.1) is 0 Å². The van der Waals surface area contributed by atoms with Gasteiger partial charge >= 0.3 is 12.1 Å². The molecule has 6 nitrogen and oxygen atoms in total. The number of carboxylic acids is 1. The minimum absolute atomic E-state index is 0.0187. The Morgan fingerprint density at radius 1 is 1.17 bits per heavy atom. The van der Waals surface area contributed by atoms with Crippen LogP contribution in [0.15, 0.2) is 53.8 Å². The molecule has 9 heteroatoms. The van der Waals surface area contributed by atoms with Crippen molar-refractivity contribution in [2.24, 2.45) is 5.16 Å². The Bertz CT molecular complexity index is 1040. The number of carboxylic acid groups (broad SMARTS) is 1. The molecule has 29 heavy (non-hydrogen) atoms. The molecule has 0 unspecified atom stereocenters. The summed E-state index contributed by atoms with van der Waals surface area (Å²) in [6, 6.07) is 9.77. The van der Waals surface area contributed by atoms with Crippen molar-refractivity contribution < 1.29 is 32.6 Å². The zero-order chi connectivity index (χ0) is 21.0. The van der Waals surface area contributed by atoms with Gasteiger partial charge < -0.3 is 19.7 Å². The van der Waals surface area contributed by atoms with Crippen molar-refractivity contribution >= 4 is 22.6 Å². The number of benzene rings is 2. The molecular weight excluding hydrogens is 389 g/mol. The molecule has 0 radical (unpaired) electrons. The summed E-state index contributed by atoms with van der Waals surface area (Å²) in [6.07, 6.45) is -2.65. The molecule has 3 aromatic rings. The molecular formula is C20H17F3N2O4. The van der Waals surface area contributed by atoms with Crippen LogP contribution >= 0.6 is 0 Å². The van der Waals surface area contributed by atoms with Crippen LogP contribution < -0.4 is 4.74 Å². The number of fused-ring (bicyclic) bond motifs is 1. The Morgan fingerprint density at radius 3 is 2.55 bits per heavy atom.